The first-order chi connectivity index (χ1) is 9.48. The molecule has 1 saturated carbocycles. The molecule has 8 heteroatoms. The standard InChI is InChI=1S/C13H22N4O3.ClH/c1-9-2-4-13(5-3-9)11(19)17(12(20)16-13)8-10(18)15-7-6-14;/h9H,2-8,14H2,1H3,(H,15,18)(H,16,20);1H. The Bertz CT molecular complexity index is 422. The van der Waals surface area contributed by atoms with Gasteiger partial charge in [-0.1, -0.05) is 6.92 Å². The number of nitrogens with two attached hydrogens (primary N) is 1. The van der Waals surface area contributed by atoms with E-state index in [0.717, 1.165) is 17.7 Å². The summed E-state index contributed by atoms with van der Waals surface area (Å²) >= 11 is 0. The molecule has 1 aliphatic heterocycles. The smallest absolute Gasteiger partial charge is 0.325 e. The Hall–Kier alpha value is -1.34. The van der Waals surface area contributed by atoms with Crippen LogP contribution in [0.4, 0.5) is 4.79 Å². The van der Waals surface area contributed by atoms with Crippen molar-refractivity contribution in [1.29, 1.82) is 0 Å². The van der Waals surface area contributed by atoms with Crippen molar-refractivity contribution >= 4 is 30.3 Å². The van der Waals surface area contributed by atoms with Gasteiger partial charge in [-0.25, -0.2) is 4.79 Å². The first-order valence-electron chi connectivity index (χ1n) is 7.09. The van der Waals surface area contributed by atoms with E-state index >= 15 is 0 Å². The molecule has 0 bridgehead atoms. The Kier molecular flexibility index (Phi) is 5.98. The lowest BCUT2D eigenvalue weighted by atomic mass is 9.77. The minimum atomic E-state index is -0.780. The van der Waals surface area contributed by atoms with E-state index in [1.807, 2.05) is 0 Å². The SMILES string of the molecule is CC1CCC2(CC1)NC(=O)N(CC(=O)NCCN)C2=O.Cl. The zero-order chi connectivity index (χ0) is 14.8. The minimum absolute atomic E-state index is 0. The van der Waals surface area contributed by atoms with Gasteiger partial charge in [-0.05, 0) is 31.6 Å². The molecule has 1 aliphatic carbocycles. The number of urea groups is 1. The molecule has 1 heterocycles. The van der Waals surface area contributed by atoms with Crippen LogP contribution in [-0.2, 0) is 9.59 Å². The normalized spacial score (nSPS) is 28.3. The van der Waals surface area contributed by atoms with Gasteiger partial charge in [0, 0.05) is 13.1 Å². The second kappa shape index (κ2) is 7.09. The van der Waals surface area contributed by atoms with Gasteiger partial charge in [-0.3, -0.25) is 14.5 Å². The zero-order valence-corrected chi connectivity index (χ0v) is 13.0. The molecule has 0 radical (unpaired) electrons. The Labute approximate surface area is 130 Å². The largest absolute Gasteiger partial charge is 0.353 e. The van der Waals surface area contributed by atoms with Crippen LogP contribution in [0.1, 0.15) is 32.6 Å². The molecule has 1 spiro atoms. The zero-order valence-electron chi connectivity index (χ0n) is 12.2. The second-order valence-corrected chi connectivity index (χ2v) is 5.72. The highest BCUT2D eigenvalue weighted by Gasteiger charge is 2.52. The van der Waals surface area contributed by atoms with E-state index < -0.39 is 11.6 Å². The number of carbonyl (C=O) groups excluding carboxylic acids is 3. The Balaban J connectivity index is 0.00000220. The topological polar surface area (TPSA) is 105 Å². The summed E-state index contributed by atoms with van der Waals surface area (Å²) in [5.74, 6) is -0.0512. The minimum Gasteiger partial charge on any atom is -0.353 e. The molecule has 21 heavy (non-hydrogen) atoms. The van der Waals surface area contributed by atoms with Gasteiger partial charge in [0.1, 0.15) is 12.1 Å². The molecule has 4 N–H and O–H groups in total. The first kappa shape index (κ1) is 17.7. The van der Waals surface area contributed by atoms with Crippen LogP contribution in [0.5, 0.6) is 0 Å². The average molecular weight is 319 g/mol. The van der Waals surface area contributed by atoms with Crippen molar-refractivity contribution in [2.45, 2.75) is 38.1 Å². The highest BCUT2D eigenvalue weighted by Crippen LogP contribution is 2.36. The molecule has 0 aromatic carbocycles. The van der Waals surface area contributed by atoms with E-state index in [1.165, 1.54) is 0 Å². The fourth-order valence-corrected chi connectivity index (χ4v) is 2.82. The molecule has 2 rings (SSSR count). The lowest BCUT2D eigenvalue weighted by Crippen LogP contribution is -2.50. The summed E-state index contributed by atoms with van der Waals surface area (Å²) < 4.78 is 0. The molecule has 120 valence electrons. The highest BCUT2D eigenvalue weighted by molar-refractivity contribution is 6.09. The van der Waals surface area contributed by atoms with Crippen molar-refractivity contribution < 1.29 is 14.4 Å². The lowest BCUT2D eigenvalue weighted by Gasteiger charge is -2.33. The molecule has 1 saturated heterocycles. The van der Waals surface area contributed by atoms with Crippen LogP contribution in [0, 0.1) is 5.92 Å². The van der Waals surface area contributed by atoms with Gasteiger partial charge < -0.3 is 16.4 Å². The molecule has 4 amide bonds. The predicted molar refractivity (Wildman–Crippen MR) is 79.9 cm³/mol. The van der Waals surface area contributed by atoms with Crippen LogP contribution in [0.2, 0.25) is 0 Å². The maximum absolute atomic E-state index is 12.4. The third kappa shape index (κ3) is 3.65. The number of imide groups is 1. The lowest BCUT2D eigenvalue weighted by molar-refractivity contribution is -0.136. The fourth-order valence-electron chi connectivity index (χ4n) is 2.82. The molecule has 0 aromatic heterocycles. The number of nitrogens with one attached hydrogen (secondary N) is 2. The van der Waals surface area contributed by atoms with Gasteiger partial charge in [-0.2, -0.15) is 0 Å². The van der Waals surface area contributed by atoms with E-state index in [0.29, 0.717) is 31.8 Å². The number of nitrogens with zero attached hydrogens (tertiary/aromatic N) is 1. The maximum atomic E-state index is 12.4. The second-order valence-electron chi connectivity index (χ2n) is 5.72. The van der Waals surface area contributed by atoms with E-state index in [4.69, 9.17) is 5.73 Å². The molecule has 0 aromatic rings. The predicted octanol–water partition coefficient (Wildman–Crippen LogP) is -0.0162. The van der Waals surface area contributed by atoms with Crippen molar-refractivity contribution in [3.8, 4) is 0 Å². The molecular weight excluding hydrogens is 296 g/mol. The van der Waals surface area contributed by atoms with E-state index in [-0.39, 0.29) is 30.8 Å². The van der Waals surface area contributed by atoms with Crippen molar-refractivity contribution in [2.75, 3.05) is 19.6 Å². The Morgan fingerprint density at radius 2 is 2.05 bits per heavy atom. The van der Waals surface area contributed by atoms with Crippen LogP contribution in [0.25, 0.3) is 0 Å². The van der Waals surface area contributed by atoms with Gasteiger partial charge in [0.25, 0.3) is 5.91 Å². The third-order valence-corrected chi connectivity index (χ3v) is 4.14. The molecule has 2 fully saturated rings. The average Bonchev–Trinajstić information content (AvgIpc) is 2.65. The number of hydrogen-bond donors (Lipinski definition) is 3. The van der Waals surface area contributed by atoms with Crippen molar-refractivity contribution in [3.05, 3.63) is 0 Å². The van der Waals surface area contributed by atoms with Gasteiger partial charge in [-0.15, -0.1) is 12.4 Å². The van der Waals surface area contributed by atoms with E-state index in [2.05, 4.69) is 17.6 Å². The van der Waals surface area contributed by atoms with E-state index in [9.17, 15) is 14.4 Å². The maximum Gasteiger partial charge on any atom is 0.325 e. The highest BCUT2D eigenvalue weighted by atomic mass is 35.5. The van der Waals surface area contributed by atoms with Gasteiger partial charge in [0.2, 0.25) is 5.91 Å². The van der Waals surface area contributed by atoms with Gasteiger partial charge >= 0.3 is 6.03 Å². The van der Waals surface area contributed by atoms with E-state index in [1.54, 1.807) is 0 Å². The molecule has 7 nitrogen and oxygen atoms in total. The van der Waals surface area contributed by atoms with Crippen LogP contribution in [0.3, 0.4) is 0 Å². The molecule has 0 unspecified atom stereocenters. The Morgan fingerprint density at radius 1 is 1.43 bits per heavy atom. The van der Waals surface area contributed by atoms with Gasteiger partial charge in [0.15, 0.2) is 0 Å². The van der Waals surface area contributed by atoms with Crippen LogP contribution < -0.4 is 16.4 Å². The fraction of sp³-hybridized carbons (Fsp3) is 0.769. The van der Waals surface area contributed by atoms with Crippen molar-refractivity contribution in [2.24, 2.45) is 11.7 Å². The number of hydrogen-bond acceptors (Lipinski definition) is 4. The summed E-state index contributed by atoms with van der Waals surface area (Å²) in [6.45, 7) is 2.58. The van der Waals surface area contributed by atoms with Crippen molar-refractivity contribution in [1.82, 2.24) is 15.5 Å². The number of carbonyl (C=O) groups is 3. The third-order valence-electron chi connectivity index (χ3n) is 4.14. The summed E-state index contributed by atoms with van der Waals surface area (Å²) in [5, 5.41) is 5.34. The number of rotatable bonds is 4. The van der Waals surface area contributed by atoms with Crippen molar-refractivity contribution in [3.63, 3.8) is 0 Å². The molecule has 0 atom stereocenters. The summed E-state index contributed by atoms with van der Waals surface area (Å²) in [4.78, 5) is 37.0. The van der Waals surface area contributed by atoms with Gasteiger partial charge in [0.05, 0.1) is 0 Å². The quantitative estimate of drug-likeness (QED) is 0.634. The van der Waals surface area contributed by atoms with Crippen LogP contribution in [0.15, 0.2) is 0 Å². The number of halogens is 1. The van der Waals surface area contributed by atoms with Crippen LogP contribution >= 0.6 is 12.4 Å². The molecular formula is C13H23ClN4O3. The summed E-state index contributed by atoms with van der Waals surface area (Å²) in [7, 11) is 0. The van der Waals surface area contributed by atoms with Crippen LogP contribution in [-0.4, -0.2) is 47.9 Å². The summed E-state index contributed by atoms with van der Waals surface area (Å²) in [5.41, 5.74) is 4.51. The first-order valence-corrected chi connectivity index (χ1v) is 7.09. The summed E-state index contributed by atoms with van der Waals surface area (Å²) in [6.07, 6.45) is 3.14. The Morgan fingerprint density at radius 3 is 2.62 bits per heavy atom. The number of amides is 4. The monoisotopic (exact) mass is 318 g/mol. The molecule has 2 aliphatic rings. The summed E-state index contributed by atoms with van der Waals surface area (Å²) in [6, 6.07) is -0.465.